The highest BCUT2D eigenvalue weighted by atomic mass is 35.5. The second-order valence-corrected chi connectivity index (χ2v) is 7.20. The van der Waals surface area contributed by atoms with Gasteiger partial charge in [0.2, 0.25) is 0 Å². The molecule has 3 rings (SSSR count). The van der Waals surface area contributed by atoms with Crippen molar-refractivity contribution in [2.45, 2.75) is 6.61 Å². The maximum Gasteiger partial charge on any atom is 0.335 e. The molecule has 0 fully saturated rings. The molecule has 0 atom stereocenters. The van der Waals surface area contributed by atoms with Crippen LogP contribution in [0.1, 0.15) is 21.5 Å². The number of carboxylic acids is 1. The number of nitrogens with zero attached hydrogens (tertiary/aromatic N) is 1. The molecule has 1 amide bonds. The van der Waals surface area contributed by atoms with Gasteiger partial charge in [-0.1, -0.05) is 35.9 Å². The zero-order valence-corrected chi connectivity index (χ0v) is 18.3. The maximum atomic E-state index is 12.5. The number of ether oxygens (including phenoxy) is 2. The van der Waals surface area contributed by atoms with Crippen molar-refractivity contribution in [3.63, 3.8) is 0 Å². The number of hydrogen-bond donors (Lipinski definition) is 2. The summed E-state index contributed by atoms with van der Waals surface area (Å²) in [5.41, 5.74) is 1.71. The first-order chi connectivity index (χ1) is 15.9. The van der Waals surface area contributed by atoms with Crippen molar-refractivity contribution in [2.24, 2.45) is 0 Å². The Morgan fingerprint density at radius 2 is 1.82 bits per heavy atom. The molecule has 2 N–H and O–H groups in total. The Balaban J connectivity index is 1.74. The Hall–Kier alpha value is -4.28. The molecule has 0 aliphatic heterocycles. The lowest BCUT2D eigenvalue weighted by molar-refractivity contribution is -0.112. The van der Waals surface area contributed by atoms with Crippen molar-refractivity contribution in [1.82, 2.24) is 0 Å². The molecule has 8 heteroatoms. The van der Waals surface area contributed by atoms with Crippen LogP contribution >= 0.6 is 11.6 Å². The van der Waals surface area contributed by atoms with Gasteiger partial charge in [0.25, 0.3) is 5.91 Å². The Bertz CT molecular complexity index is 1250. The molecule has 0 radical (unpaired) electrons. The first-order valence-corrected chi connectivity index (χ1v) is 10.1. The standard InChI is InChI=1S/C25H19ClN2O5/c1-32-23-13-16(6-11-22(23)33-15-18-4-2-3-5-21(18)26)12-19(14-27)24(29)28-20-9-7-17(8-10-20)25(30)31/h2-13H,15H2,1H3,(H,28,29)(H,30,31)/b19-12+. The van der Waals surface area contributed by atoms with E-state index in [-0.39, 0.29) is 17.7 Å². The Morgan fingerprint density at radius 1 is 1.09 bits per heavy atom. The van der Waals surface area contributed by atoms with E-state index in [0.29, 0.717) is 27.8 Å². The third kappa shape index (κ3) is 6.12. The summed E-state index contributed by atoms with van der Waals surface area (Å²) in [4.78, 5) is 23.4. The van der Waals surface area contributed by atoms with Gasteiger partial charge in [0.15, 0.2) is 11.5 Å². The van der Waals surface area contributed by atoms with E-state index >= 15 is 0 Å². The minimum Gasteiger partial charge on any atom is -0.493 e. The van der Waals surface area contributed by atoms with E-state index in [2.05, 4.69) is 5.32 Å². The molecule has 0 aromatic heterocycles. The van der Waals surface area contributed by atoms with Gasteiger partial charge >= 0.3 is 5.97 Å². The molecule has 0 saturated carbocycles. The summed E-state index contributed by atoms with van der Waals surface area (Å²) in [5.74, 6) is -0.786. The van der Waals surface area contributed by atoms with Crippen LogP contribution in [0.15, 0.2) is 72.3 Å². The van der Waals surface area contributed by atoms with E-state index < -0.39 is 11.9 Å². The largest absolute Gasteiger partial charge is 0.493 e. The van der Waals surface area contributed by atoms with Crippen molar-refractivity contribution < 1.29 is 24.2 Å². The average Bonchev–Trinajstić information content (AvgIpc) is 2.82. The van der Waals surface area contributed by atoms with Crippen LogP contribution in [0, 0.1) is 11.3 Å². The number of nitriles is 1. The van der Waals surface area contributed by atoms with Crippen LogP contribution in [-0.2, 0) is 11.4 Å². The summed E-state index contributed by atoms with van der Waals surface area (Å²) in [6.07, 6.45) is 1.42. The highest BCUT2D eigenvalue weighted by Crippen LogP contribution is 2.30. The molecule has 0 bridgehead atoms. The van der Waals surface area contributed by atoms with Crippen LogP contribution in [0.2, 0.25) is 5.02 Å². The number of aromatic carboxylic acids is 1. The van der Waals surface area contributed by atoms with E-state index in [4.69, 9.17) is 26.2 Å². The van der Waals surface area contributed by atoms with Gasteiger partial charge in [0, 0.05) is 16.3 Å². The molecule has 3 aromatic rings. The van der Waals surface area contributed by atoms with E-state index in [1.807, 2.05) is 24.3 Å². The molecule has 0 aliphatic rings. The minimum atomic E-state index is -1.07. The van der Waals surface area contributed by atoms with Gasteiger partial charge in [-0.3, -0.25) is 4.79 Å². The fraction of sp³-hybridized carbons (Fsp3) is 0.0800. The number of halogens is 1. The fourth-order valence-corrected chi connectivity index (χ4v) is 3.06. The molecular formula is C25H19ClN2O5. The summed E-state index contributed by atoms with van der Waals surface area (Å²) in [5, 5.41) is 21.6. The van der Waals surface area contributed by atoms with Crippen LogP contribution in [0.25, 0.3) is 6.08 Å². The third-order valence-electron chi connectivity index (χ3n) is 4.59. The maximum absolute atomic E-state index is 12.5. The Labute approximate surface area is 195 Å². The van der Waals surface area contributed by atoms with Gasteiger partial charge in [-0.2, -0.15) is 5.26 Å². The number of methoxy groups -OCH3 is 1. The van der Waals surface area contributed by atoms with Gasteiger partial charge in [-0.15, -0.1) is 0 Å². The molecular weight excluding hydrogens is 444 g/mol. The van der Waals surface area contributed by atoms with Crippen LogP contribution in [-0.4, -0.2) is 24.1 Å². The van der Waals surface area contributed by atoms with Gasteiger partial charge in [-0.05, 0) is 54.1 Å². The number of hydrogen-bond acceptors (Lipinski definition) is 5. The van der Waals surface area contributed by atoms with E-state index in [1.165, 1.54) is 37.5 Å². The molecule has 0 aliphatic carbocycles. The molecule has 0 unspecified atom stereocenters. The number of rotatable bonds is 8. The van der Waals surface area contributed by atoms with Gasteiger partial charge in [0.1, 0.15) is 18.2 Å². The summed E-state index contributed by atoms with van der Waals surface area (Å²) in [7, 11) is 1.49. The summed E-state index contributed by atoms with van der Waals surface area (Å²) in [6.45, 7) is 0.248. The van der Waals surface area contributed by atoms with Crippen LogP contribution in [0.5, 0.6) is 11.5 Å². The van der Waals surface area contributed by atoms with Crippen molar-refractivity contribution >= 4 is 35.2 Å². The predicted octanol–water partition coefficient (Wildman–Crippen LogP) is 5.17. The highest BCUT2D eigenvalue weighted by molar-refractivity contribution is 6.31. The summed E-state index contributed by atoms with van der Waals surface area (Å²) in [6, 6.07) is 19.8. The number of benzene rings is 3. The van der Waals surface area contributed by atoms with Crippen molar-refractivity contribution in [3.8, 4) is 17.6 Å². The number of carbonyl (C=O) groups excluding carboxylic acids is 1. The number of carbonyl (C=O) groups is 2. The SMILES string of the molecule is COc1cc(/C=C(\C#N)C(=O)Nc2ccc(C(=O)O)cc2)ccc1OCc1ccccc1Cl. The molecule has 0 spiro atoms. The number of anilines is 1. The van der Waals surface area contributed by atoms with Gasteiger partial charge in [-0.25, -0.2) is 4.79 Å². The lowest BCUT2D eigenvalue weighted by Crippen LogP contribution is -2.13. The second kappa shape index (κ2) is 10.8. The Morgan fingerprint density at radius 3 is 2.45 bits per heavy atom. The van der Waals surface area contributed by atoms with E-state index in [0.717, 1.165) is 5.56 Å². The van der Waals surface area contributed by atoms with Crippen LogP contribution in [0.3, 0.4) is 0 Å². The van der Waals surface area contributed by atoms with Crippen LogP contribution < -0.4 is 14.8 Å². The number of amides is 1. The molecule has 166 valence electrons. The normalized spacial score (nSPS) is 10.8. The fourth-order valence-electron chi connectivity index (χ4n) is 2.87. The van der Waals surface area contributed by atoms with Crippen molar-refractivity contribution in [1.29, 1.82) is 5.26 Å². The second-order valence-electron chi connectivity index (χ2n) is 6.80. The zero-order valence-electron chi connectivity index (χ0n) is 17.5. The first-order valence-electron chi connectivity index (χ1n) is 9.72. The summed E-state index contributed by atoms with van der Waals surface area (Å²) >= 11 is 6.16. The highest BCUT2D eigenvalue weighted by Gasteiger charge is 2.12. The quantitative estimate of drug-likeness (QED) is 0.353. The van der Waals surface area contributed by atoms with Crippen LogP contribution in [0.4, 0.5) is 5.69 Å². The average molecular weight is 463 g/mol. The molecule has 33 heavy (non-hydrogen) atoms. The van der Waals surface area contributed by atoms with Crippen molar-refractivity contribution in [2.75, 3.05) is 12.4 Å². The van der Waals surface area contributed by atoms with Crippen molar-refractivity contribution in [3.05, 3.63) is 94.0 Å². The lowest BCUT2D eigenvalue weighted by atomic mass is 10.1. The molecule has 0 saturated heterocycles. The molecule has 0 heterocycles. The Kier molecular flexibility index (Phi) is 7.68. The zero-order chi connectivity index (χ0) is 23.8. The van der Waals surface area contributed by atoms with E-state index in [9.17, 15) is 14.9 Å². The number of carboxylic acid groups (broad SMARTS) is 1. The first kappa shape index (κ1) is 23.4. The summed E-state index contributed by atoms with van der Waals surface area (Å²) < 4.78 is 11.2. The number of nitrogens with one attached hydrogen (secondary N) is 1. The lowest BCUT2D eigenvalue weighted by Gasteiger charge is -2.12. The molecule has 7 nitrogen and oxygen atoms in total. The van der Waals surface area contributed by atoms with E-state index in [1.54, 1.807) is 24.3 Å². The van der Waals surface area contributed by atoms with Gasteiger partial charge < -0.3 is 19.9 Å². The van der Waals surface area contributed by atoms with Gasteiger partial charge in [0.05, 0.1) is 12.7 Å². The molecule has 3 aromatic carbocycles. The monoisotopic (exact) mass is 462 g/mol. The smallest absolute Gasteiger partial charge is 0.335 e. The predicted molar refractivity (Wildman–Crippen MR) is 124 cm³/mol. The minimum absolute atomic E-state index is 0.0907. The topological polar surface area (TPSA) is 109 Å². The third-order valence-corrected chi connectivity index (χ3v) is 4.96.